The van der Waals surface area contributed by atoms with Gasteiger partial charge in [0, 0.05) is 18.7 Å². The Bertz CT molecular complexity index is 377. The molecule has 0 aliphatic heterocycles. The van der Waals surface area contributed by atoms with E-state index in [1.54, 1.807) is 0 Å². The minimum absolute atomic E-state index is 0.420. The Kier molecular flexibility index (Phi) is 4.14. The van der Waals surface area contributed by atoms with Crippen molar-refractivity contribution < 1.29 is 0 Å². The third-order valence-corrected chi connectivity index (χ3v) is 3.45. The van der Waals surface area contributed by atoms with Crippen molar-refractivity contribution in [1.82, 2.24) is 9.97 Å². The van der Waals surface area contributed by atoms with Crippen LogP contribution in [0.1, 0.15) is 32.2 Å². The number of rotatable bonds is 3. The summed E-state index contributed by atoms with van der Waals surface area (Å²) in [6, 6.07) is 0.420. The van der Waals surface area contributed by atoms with Crippen LogP contribution in [-0.4, -0.2) is 23.1 Å². The molecule has 90 valence electrons. The maximum Gasteiger partial charge on any atom is 0.137 e. The SMILES string of the molecule is Cc1nc(Cl)c(C)c(N(C)C(C)C(C)C)n1. The van der Waals surface area contributed by atoms with Crippen LogP contribution in [0.2, 0.25) is 5.15 Å². The maximum atomic E-state index is 6.07. The summed E-state index contributed by atoms with van der Waals surface area (Å²) in [7, 11) is 2.05. The van der Waals surface area contributed by atoms with Crippen LogP contribution in [0.4, 0.5) is 5.82 Å². The van der Waals surface area contributed by atoms with E-state index in [1.165, 1.54) is 0 Å². The molecule has 1 unspecified atom stereocenters. The zero-order chi connectivity index (χ0) is 12.5. The van der Waals surface area contributed by atoms with E-state index in [1.807, 2.05) is 13.8 Å². The molecule has 0 aliphatic rings. The van der Waals surface area contributed by atoms with E-state index >= 15 is 0 Å². The molecule has 0 N–H and O–H groups in total. The molecule has 0 spiro atoms. The average Bonchev–Trinajstić information content (AvgIpc) is 2.21. The van der Waals surface area contributed by atoms with Gasteiger partial charge in [0.2, 0.25) is 0 Å². The highest BCUT2D eigenvalue weighted by Gasteiger charge is 2.18. The monoisotopic (exact) mass is 241 g/mol. The van der Waals surface area contributed by atoms with Crippen molar-refractivity contribution in [3.8, 4) is 0 Å². The predicted molar refractivity (Wildman–Crippen MR) is 69.2 cm³/mol. The van der Waals surface area contributed by atoms with E-state index in [0.717, 1.165) is 11.4 Å². The third-order valence-electron chi connectivity index (χ3n) is 3.08. The Morgan fingerprint density at radius 1 is 1.12 bits per heavy atom. The fraction of sp³-hybridized carbons (Fsp3) is 0.667. The van der Waals surface area contributed by atoms with Crippen molar-refractivity contribution in [3.63, 3.8) is 0 Å². The van der Waals surface area contributed by atoms with E-state index in [0.29, 0.717) is 22.9 Å². The van der Waals surface area contributed by atoms with Gasteiger partial charge in [0.15, 0.2) is 0 Å². The molecule has 1 aromatic heterocycles. The minimum Gasteiger partial charge on any atom is -0.356 e. The molecule has 0 saturated carbocycles. The highest BCUT2D eigenvalue weighted by atomic mass is 35.5. The molecule has 0 fully saturated rings. The first-order chi connectivity index (χ1) is 7.34. The minimum atomic E-state index is 0.420. The second kappa shape index (κ2) is 5.00. The molecule has 0 aromatic carbocycles. The van der Waals surface area contributed by atoms with Crippen molar-refractivity contribution in [2.75, 3.05) is 11.9 Å². The smallest absolute Gasteiger partial charge is 0.137 e. The van der Waals surface area contributed by atoms with Crippen molar-refractivity contribution in [2.24, 2.45) is 5.92 Å². The quantitative estimate of drug-likeness (QED) is 0.761. The van der Waals surface area contributed by atoms with Crippen LogP contribution in [0.15, 0.2) is 0 Å². The summed E-state index contributed by atoms with van der Waals surface area (Å²) in [4.78, 5) is 10.8. The van der Waals surface area contributed by atoms with Crippen molar-refractivity contribution in [3.05, 3.63) is 16.5 Å². The van der Waals surface area contributed by atoms with Gasteiger partial charge in [0.25, 0.3) is 0 Å². The number of hydrogen-bond acceptors (Lipinski definition) is 3. The van der Waals surface area contributed by atoms with Crippen LogP contribution >= 0.6 is 11.6 Å². The molecule has 0 radical (unpaired) electrons. The summed E-state index contributed by atoms with van der Waals surface area (Å²) >= 11 is 6.07. The van der Waals surface area contributed by atoms with Gasteiger partial charge in [-0.3, -0.25) is 0 Å². The number of hydrogen-bond donors (Lipinski definition) is 0. The van der Waals surface area contributed by atoms with E-state index < -0.39 is 0 Å². The molecular formula is C12H20ClN3. The second-order valence-electron chi connectivity index (χ2n) is 4.61. The van der Waals surface area contributed by atoms with Crippen LogP contribution in [0.3, 0.4) is 0 Å². The maximum absolute atomic E-state index is 6.07. The van der Waals surface area contributed by atoms with Crippen LogP contribution in [0.5, 0.6) is 0 Å². The summed E-state index contributed by atoms with van der Waals surface area (Å²) < 4.78 is 0. The molecule has 0 bridgehead atoms. The van der Waals surface area contributed by atoms with E-state index in [4.69, 9.17) is 11.6 Å². The molecule has 16 heavy (non-hydrogen) atoms. The molecule has 0 saturated heterocycles. The molecule has 1 rings (SSSR count). The van der Waals surface area contributed by atoms with Gasteiger partial charge in [-0.15, -0.1) is 0 Å². The Hall–Kier alpha value is -0.830. The molecule has 1 atom stereocenters. The molecule has 3 nitrogen and oxygen atoms in total. The van der Waals surface area contributed by atoms with Gasteiger partial charge in [0.05, 0.1) is 0 Å². The van der Waals surface area contributed by atoms with Crippen LogP contribution in [-0.2, 0) is 0 Å². The highest BCUT2D eigenvalue weighted by molar-refractivity contribution is 6.30. The summed E-state index contributed by atoms with van der Waals surface area (Å²) in [5.74, 6) is 2.21. The summed E-state index contributed by atoms with van der Waals surface area (Å²) in [6.45, 7) is 10.4. The summed E-state index contributed by atoms with van der Waals surface area (Å²) in [5.41, 5.74) is 0.947. The standard InChI is InChI=1S/C12H20ClN3/c1-7(2)9(4)16(6)12-8(3)11(13)14-10(5)15-12/h7,9H,1-6H3. The third kappa shape index (κ3) is 2.64. The lowest BCUT2D eigenvalue weighted by Gasteiger charge is -2.30. The van der Waals surface area contributed by atoms with Gasteiger partial charge in [-0.25, -0.2) is 9.97 Å². The predicted octanol–water partition coefficient (Wildman–Crippen LogP) is 3.23. The lowest BCUT2D eigenvalue weighted by atomic mass is 10.1. The number of anilines is 1. The Morgan fingerprint density at radius 3 is 2.19 bits per heavy atom. The van der Waals surface area contributed by atoms with Crippen molar-refractivity contribution in [2.45, 2.75) is 40.7 Å². The summed E-state index contributed by atoms with van der Waals surface area (Å²) in [5, 5.41) is 0.547. The van der Waals surface area contributed by atoms with Crippen molar-refractivity contribution >= 4 is 17.4 Å². The van der Waals surface area contributed by atoms with E-state index in [2.05, 4.69) is 42.7 Å². The van der Waals surface area contributed by atoms with E-state index in [9.17, 15) is 0 Å². The average molecular weight is 242 g/mol. The molecule has 1 heterocycles. The lowest BCUT2D eigenvalue weighted by Crippen LogP contribution is -2.34. The second-order valence-corrected chi connectivity index (χ2v) is 4.96. The number of nitrogens with zero attached hydrogens (tertiary/aromatic N) is 3. The highest BCUT2D eigenvalue weighted by Crippen LogP contribution is 2.25. The zero-order valence-electron chi connectivity index (χ0n) is 10.9. The molecule has 1 aromatic rings. The summed E-state index contributed by atoms with van der Waals surface area (Å²) in [6.07, 6.45) is 0. The van der Waals surface area contributed by atoms with Gasteiger partial charge in [-0.2, -0.15) is 0 Å². The molecule has 0 aliphatic carbocycles. The van der Waals surface area contributed by atoms with Gasteiger partial charge in [-0.05, 0) is 26.7 Å². The largest absolute Gasteiger partial charge is 0.356 e. The molecular weight excluding hydrogens is 222 g/mol. The normalized spacial score (nSPS) is 13.0. The first-order valence-electron chi connectivity index (χ1n) is 5.58. The van der Waals surface area contributed by atoms with Crippen LogP contribution < -0.4 is 4.90 Å². The van der Waals surface area contributed by atoms with Crippen LogP contribution in [0, 0.1) is 19.8 Å². The number of aromatic nitrogens is 2. The Balaban J connectivity index is 3.13. The van der Waals surface area contributed by atoms with Crippen molar-refractivity contribution in [1.29, 1.82) is 0 Å². The fourth-order valence-corrected chi connectivity index (χ4v) is 1.77. The number of aryl methyl sites for hydroxylation is 1. The van der Waals surface area contributed by atoms with Gasteiger partial charge in [0.1, 0.15) is 16.8 Å². The first-order valence-corrected chi connectivity index (χ1v) is 5.96. The molecule has 4 heteroatoms. The molecule has 0 amide bonds. The Labute approximate surface area is 103 Å². The Morgan fingerprint density at radius 2 is 1.69 bits per heavy atom. The van der Waals surface area contributed by atoms with Gasteiger partial charge >= 0.3 is 0 Å². The lowest BCUT2D eigenvalue weighted by molar-refractivity contribution is 0.501. The van der Waals surface area contributed by atoms with Crippen LogP contribution in [0.25, 0.3) is 0 Å². The van der Waals surface area contributed by atoms with Gasteiger partial charge in [-0.1, -0.05) is 25.4 Å². The topological polar surface area (TPSA) is 29.0 Å². The first kappa shape index (κ1) is 13.2. The zero-order valence-corrected chi connectivity index (χ0v) is 11.6. The number of halogens is 1. The fourth-order valence-electron chi connectivity index (χ4n) is 1.56. The van der Waals surface area contributed by atoms with E-state index in [-0.39, 0.29) is 0 Å². The van der Waals surface area contributed by atoms with Gasteiger partial charge < -0.3 is 4.90 Å².